The lowest BCUT2D eigenvalue weighted by molar-refractivity contribution is -0.878. The van der Waals surface area contributed by atoms with Gasteiger partial charge in [0.1, 0.15) is 18.2 Å². The van der Waals surface area contributed by atoms with E-state index in [1.54, 1.807) is 60.7 Å². The highest BCUT2D eigenvalue weighted by molar-refractivity contribution is 5.86. The van der Waals surface area contributed by atoms with Crippen molar-refractivity contribution in [2.45, 2.75) is 37.8 Å². The summed E-state index contributed by atoms with van der Waals surface area (Å²) in [6.45, 7) is -0.523. The maximum Gasteiger partial charge on any atom is 0.363 e. The number of carbonyl (C=O) groups excluding carboxylic acids is 1. The van der Waals surface area contributed by atoms with E-state index in [0.29, 0.717) is 36.1 Å². The van der Waals surface area contributed by atoms with Gasteiger partial charge in [-0.2, -0.15) is 0 Å². The van der Waals surface area contributed by atoms with Gasteiger partial charge in [0.15, 0.2) is 12.6 Å². The number of carboxylic acid groups (broad SMARTS) is 2. The molecule has 1 amide bonds. The summed E-state index contributed by atoms with van der Waals surface area (Å²) >= 11 is 0. The topological polar surface area (TPSA) is 138 Å². The van der Waals surface area contributed by atoms with E-state index in [-0.39, 0.29) is 18.7 Å². The van der Waals surface area contributed by atoms with Gasteiger partial charge in [0.05, 0.1) is 0 Å². The van der Waals surface area contributed by atoms with Crippen LogP contribution in [0.1, 0.15) is 41.9 Å². The molecule has 3 aromatic rings. The molecule has 0 saturated carbocycles. The van der Waals surface area contributed by atoms with E-state index in [0.717, 1.165) is 0 Å². The summed E-state index contributed by atoms with van der Waals surface area (Å²) in [5, 5.41) is 30.2. The summed E-state index contributed by atoms with van der Waals surface area (Å²) in [4.78, 5) is 39.8. The molecular formula is C29H33N2O6+. The van der Waals surface area contributed by atoms with Crippen LogP contribution in [0.2, 0.25) is 0 Å². The van der Waals surface area contributed by atoms with E-state index in [4.69, 9.17) is 5.73 Å². The molecule has 0 saturated heterocycles. The fraction of sp³-hybridized carbons (Fsp3) is 0.276. The van der Waals surface area contributed by atoms with E-state index >= 15 is 0 Å². The van der Waals surface area contributed by atoms with Crippen molar-refractivity contribution in [3.63, 3.8) is 0 Å². The first kappa shape index (κ1) is 27.6. The Bertz CT molecular complexity index is 1140. The summed E-state index contributed by atoms with van der Waals surface area (Å²) in [7, 11) is 0. The SMILES string of the molecule is NCCCC[C@@H](C(=O)O)[N@+](CC(=O)O)(Cc1ccc(O)cc1)C(=O)C(c1ccccc1)c1ccccc1. The molecule has 0 spiro atoms. The number of hydrogen-bond donors (Lipinski definition) is 4. The molecule has 0 fully saturated rings. The molecule has 8 heteroatoms. The van der Waals surface area contributed by atoms with Crippen LogP contribution in [0.25, 0.3) is 0 Å². The number of benzene rings is 3. The van der Waals surface area contributed by atoms with Crippen molar-refractivity contribution >= 4 is 17.8 Å². The van der Waals surface area contributed by atoms with Crippen LogP contribution in [0.4, 0.5) is 0 Å². The lowest BCUT2D eigenvalue weighted by Crippen LogP contribution is -2.64. The van der Waals surface area contributed by atoms with Crippen LogP contribution in [0, 0.1) is 0 Å². The van der Waals surface area contributed by atoms with Crippen LogP contribution in [0.3, 0.4) is 0 Å². The van der Waals surface area contributed by atoms with Crippen LogP contribution in [0.15, 0.2) is 84.9 Å². The number of hydrogen-bond acceptors (Lipinski definition) is 5. The van der Waals surface area contributed by atoms with Gasteiger partial charge in [-0.25, -0.2) is 18.9 Å². The number of amides is 1. The number of rotatable bonds is 13. The number of quaternary nitrogens is 1. The van der Waals surface area contributed by atoms with E-state index in [1.165, 1.54) is 12.1 Å². The lowest BCUT2D eigenvalue weighted by atomic mass is 9.87. The minimum atomic E-state index is -1.32. The van der Waals surface area contributed by atoms with Crippen molar-refractivity contribution < 1.29 is 34.2 Å². The van der Waals surface area contributed by atoms with Gasteiger partial charge in [0, 0.05) is 12.0 Å². The first-order valence-electron chi connectivity index (χ1n) is 12.2. The third kappa shape index (κ3) is 6.81. The second kappa shape index (κ2) is 12.8. The van der Waals surface area contributed by atoms with Gasteiger partial charge in [-0.05, 0) is 54.8 Å². The van der Waals surface area contributed by atoms with Gasteiger partial charge < -0.3 is 21.1 Å². The molecular weight excluding hydrogens is 472 g/mol. The molecule has 0 bridgehead atoms. The maximum absolute atomic E-state index is 14.7. The number of phenolic OH excluding ortho intramolecular Hbond substituents is 1. The molecule has 8 nitrogen and oxygen atoms in total. The van der Waals surface area contributed by atoms with Gasteiger partial charge >= 0.3 is 17.8 Å². The van der Waals surface area contributed by atoms with Gasteiger partial charge in [-0.1, -0.05) is 60.7 Å². The normalized spacial score (nSPS) is 13.6. The van der Waals surface area contributed by atoms with Gasteiger partial charge in [0.25, 0.3) is 0 Å². The Labute approximate surface area is 216 Å². The zero-order valence-corrected chi connectivity index (χ0v) is 20.6. The largest absolute Gasteiger partial charge is 0.508 e. The Balaban J connectivity index is 2.26. The molecule has 0 aliphatic heterocycles. The average Bonchev–Trinajstić information content (AvgIpc) is 2.88. The van der Waals surface area contributed by atoms with Crippen LogP contribution in [0.5, 0.6) is 5.75 Å². The Kier molecular flexibility index (Phi) is 9.54. The summed E-state index contributed by atoms with van der Waals surface area (Å²) in [6, 6.07) is 22.7. The standard InChI is InChI=1S/C29H32N2O6/c30-18-8-7-13-25(29(36)37)31(20-26(33)34,19-21-14-16-24(32)17-15-21)28(35)27(22-9-3-1-4-10-22)23-11-5-2-6-12-23/h1-6,9-12,14-17,25,27H,7-8,13,18-20,30H2,(H2-,32,33,34,36,37)/p+1/t25-,31+/m0/s1. The lowest BCUT2D eigenvalue weighted by Gasteiger charge is -2.41. The second-order valence-corrected chi connectivity index (χ2v) is 9.14. The second-order valence-electron chi connectivity index (χ2n) is 9.14. The highest BCUT2D eigenvalue weighted by Crippen LogP contribution is 2.35. The number of unbranched alkanes of at least 4 members (excludes halogenated alkanes) is 1. The first-order valence-corrected chi connectivity index (χ1v) is 12.2. The molecule has 0 radical (unpaired) electrons. The number of aromatic hydroxyl groups is 1. The fourth-order valence-electron chi connectivity index (χ4n) is 4.84. The number of phenols is 1. The van der Waals surface area contributed by atoms with E-state index in [9.17, 15) is 29.7 Å². The average molecular weight is 506 g/mol. The summed E-state index contributed by atoms with van der Waals surface area (Å²) < 4.78 is -0.825. The Hall–Kier alpha value is -4.01. The van der Waals surface area contributed by atoms with Crippen LogP contribution in [-0.2, 0) is 20.9 Å². The minimum Gasteiger partial charge on any atom is -0.508 e. The molecule has 0 aliphatic rings. The van der Waals surface area contributed by atoms with Crippen molar-refractivity contribution in [1.82, 2.24) is 0 Å². The summed E-state index contributed by atoms with van der Waals surface area (Å²) in [5.41, 5.74) is 7.46. The molecule has 0 unspecified atom stereocenters. The van der Waals surface area contributed by atoms with Crippen molar-refractivity contribution in [3.05, 3.63) is 102 Å². The molecule has 0 aliphatic carbocycles. The highest BCUT2D eigenvalue weighted by atomic mass is 16.4. The summed E-state index contributed by atoms with van der Waals surface area (Å²) in [6.07, 6.45) is 1.06. The Morgan fingerprint density at radius 3 is 1.78 bits per heavy atom. The predicted octanol–water partition coefficient (Wildman–Crippen LogP) is 3.73. The Morgan fingerprint density at radius 1 is 0.784 bits per heavy atom. The zero-order valence-electron chi connectivity index (χ0n) is 20.6. The quantitative estimate of drug-likeness (QED) is 0.205. The molecule has 37 heavy (non-hydrogen) atoms. The fourth-order valence-corrected chi connectivity index (χ4v) is 4.84. The van der Waals surface area contributed by atoms with Crippen molar-refractivity contribution in [1.29, 1.82) is 0 Å². The first-order chi connectivity index (χ1) is 17.8. The minimum absolute atomic E-state index is 0.00980. The van der Waals surface area contributed by atoms with Crippen molar-refractivity contribution in [3.8, 4) is 5.75 Å². The van der Waals surface area contributed by atoms with Crippen LogP contribution >= 0.6 is 0 Å². The Morgan fingerprint density at radius 2 is 1.32 bits per heavy atom. The van der Waals surface area contributed by atoms with Crippen molar-refractivity contribution in [2.24, 2.45) is 5.73 Å². The predicted molar refractivity (Wildman–Crippen MR) is 139 cm³/mol. The maximum atomic E-state index is 14.7. The molecule has 2 atom stereocenters. The molecule has 0 aromatic heterocycles. The monoisotopic (exact) mass is 505 g/mol. The van der Waals surface area contributed by atoms with E-state index in [1.807, 2.05) is 12.1 Å². The summed E-state index contributed by atoms with van der Waals surface area (Å²) in [5.74, 6) is -3.93. The number of aliphatic carboxylic acids is 2. The van der Waals surface area contributed by atoms with Gasteiger partial charge in [0.2, 0.25) is 0 Å². The van der Waals surface area contributed by atoms with E-state index in [2.05, 4.69) is 0 Å². The van der Waals surface area contributed by atoms with Gasteiger partial charge in [-0.15, -0.1) is 0 Å². The third-order valence-corrected chi connectivity index (χ3v) is 6.58. The number of carbonyl (C=O) groups is 3. The molecule has 3 aromatic carbocycles. The third-order valence-electron chi connectivity index (χ3n) is 6.58. The molecule has 0 heterocycles. The number of carboxylic acids is 2. The zero-order chi connectivity index (χ0) is 26.8. The molecule has 5 N–H and O–H groups in total. The van der Waals surface area contributed by atoms with E-state index < -0.39 is 40.8 Å². The highest BCUT2D eigenvalue weighted by Gasteiger charge is 2.52. The van der Waals surface area contributed by atoms with Crippen molar-refractivity contribution in [2.75, 3.05) is 13.1 Å². The smallest absolute Gasteiger partial charge is 0.363 e. The molecule has 3 rings (SSSR count). The van der Waals surface area contributed by atoms with Gasteiger partial charge in [-0.3, -0.25) is 0 Å². The molecule has 194 valence electrons. The van der Waals surface area contributed by atoms with Crippen LogP contribution in [-0.4, -0.2) is 56.8 Å². The number of nitrogens with zero attached hydrogens (tertiary/aromatic N) is 1. The number of nitrogens with two attached hydrogens (primary N) is 1. The van der Waals surface area contributed by atoms with Crippen LogP contribution < -0.4 is 5.73 Å².